The second-order valence-electron chi connectivity index (χ2n) is 9.33. The summed E-state index contributed by atoms with van der Waals surface area (Å²) in [6.45, 7) is 10.5. The summed E-state index contributed by atoms with van der Waals surface area (Å²) in [6, 6.07) is 0. The van der Waals surface area contributed by atoms with E-state index in [2.05, 4.69) is 25.2 Å². The third-order valence-electron chi connectivity index (χ3n) is 5.58. The Labute approximate surface area is 199 Å². The summed E-state index contributed by atoms with van der Waals surface area (Å²) in [5, 5.41) is 4.55. The fourth-order valence-corrected chi connectivity index (χ4v) is 4.69. The van der Waals surface area contributed by atoms with E-state index in [1.54, 1.807) is 10.3 Å². The first-order chi connectivity index (χ1) is 15.6. The minimum atomic E-state index is -0.557. The summed E-state index contributed by atoms with van der Waals surface area (Å²) in [7, 11) is 0. The molecule has 178 valence electrons. The largest absolute Gasteiger partial charge is 0.444 e. The van der Waals surface area contributed by atoms with E-state index in [1.165, 1.54) is 11.1 Å². The topological polar surface area (TPSA) is 58.6 Å². The molecule has 2 aliphatic rings. The third-order valence-corrected chi connectivity index (χ3v) is 6.54. The van der Waals surface area contributed by atoms with Gasteiger partial charge in [0.1, 0.15) is 10.5 Å². The van der Waals surface area contributed by atoms with Crippen LogP contribution in [0.2, 0.25) is 0 Å². The lowest BCUT2D eigenvalue weighted by atomic mass is 9.96. The van der Waals surface area contributed by atoms with Crippen molar-refractivity contribution in [1.82, 2.24) is 10.2 Å². The molecule has 1 aliphatic heterocycles. The van der Waals surface area contributed by atoms with Gasteiger partial charge in [0, 0.05) is 29.7 Å². The standard InChI is InChI=1S/C26H33FN2O3S/c1-6-7-17(2)18-8-10-20(11-9-18)28-24(30)23-22(27)21(16-33-23)19-12-14-29(15-13-19)25(31)32-26(3,4)5/h7-8,10,12,16H,6,9,11,13-15H2,1-5H3,(H,28,30)/b17-7+. The van der Waals surface area contributed by atoms with Crippen LogP contribution in [0.25, 0.3) is 5.57 Å². The van der Waals surface area contributed by atoms with Gasteiger partial charge in [-0.3, -0.25) is 4.79 Å². The van der Waals surface area contributed by atoms with Crippen molar-refractivity contribution in [2.24, 2.45) is 0 Å². The zero-order valence-electron chi connectivity index (χ0n) is 20.1. The van der Waals surface area contributed by atoms with E-state index in [1.807, 2.05) is 39.0 Å². The first kappa shape index (κ1) is 25.0. The van der Waals surface area contributed by atoms with E-state index >= 15 is 4.39 Å². The van der Waals surface area contributed by atoms with Crippen LogP contribution in [0.1, 0.15) is 75.5 Å². The summed E-state index contributed by atoms with van der Waals surface area (Å²) in [5.74, 6) is -0.914. The minimum absolute atomic E-state index is 0.0817. The fraction of sp³-hybridized carbons (Fsp3) is 0.462. The van der Waals surface area contributed by atoms with Crippen LogP contribution >= 0.6 is 11.3 Å². The number of halogens is 1. The maximum absolute atomic E-state index is 15.1. The highest BCUT2D eigenvalue weighted by Gasteiger charge is 2.26. The number of ether oxygens (including phenoxy) is 1. The van der Waals surface area contributed by atoms with Crippen LogP contribution in [-0.4, -0.2) is 35.6 Å². The van der Waals surface area contributed by atoms with Gasteiger partial charge >= 0.3 is 6.09 Å². The molecule has 5 nitrogen and oxygen atoms in total. The highest BCUT2D eigenvalue weighted by Crippen LogP contribution is 2.31. The Balaban J connectivity index is 1.65. The molecule has 2 heterocycles. The number of amides is 2. The van der Waals surface area contributed by atoms with Gasteiger partial charge in [0.15, 0.2) is 5.82 Å². The Hall–Kier alpha value is -2.67. The van der Waals surface area contributed by atoms with E-state index in [-0.39, 0.29) is 11.0 Å². The van der Waals surface area contributed by atoms with Gasteiger partial charge in [-0.15, -0.1) is 11.3 Å². The molecule has 0 fully saturated rings. The summed E-state index contributed by atoms with van der Waals surface area (Å²) >= 11 is 1.11. The zero-order chi connectivity index (χ0) is 24.2. The second kappa shape index (κ2) is 10.5. The summed E-state index contributed by atoms with van der Waals surface area (Å²) < 4.78 is 20.5. The molecule has 1 N–H and O–H groups in total. The summed E-state index contributed by atoms with van der Waals surface area (Å²) in [5.41, 5.74) is 4.02. The monoisotopic (exact) mass is 472 g/mol. The van der Waals surface area contributed by atoms with E-state index in [0.717, 1.165) is 41.9 Å². The van der Waals surface area contributed by atoms with Gasteiger partial charge in [0.25, 0.3) is 5.91 Å². The lowest BCUT2D eigenvalue weighted by Gasteiger charge is -2.29. The molecule has 0 atom stereocenters. The number of carbonyl (C=O) groups is 2. The lowest BCUT2D eigenvalue weighted by molar-refractivity contribution is 0.0270. The van der Waals surface area contributed by atoms with Crippen LogP contribution in [0.15, 0.2) is 46.5 Å². The zero-order valence-corrected chi connectivity index (χ0v) is 20.9. The van der Waals surface area contributed by atoms with E-state index in [9.17, 15) is 9.59 Å². The van der Waals surface area contributed by atoms with Crippen molar-refractivity contribution in [2.75, 3.05) is 13.1 Å². The van der Waals surface area contributed by atoms with Gasteiger partial charge in [0.05, 0.1) is 0 Å². The van der Waals surface area contributed by atoms with Crippen LogP contribution in [-0.2, 0) is 4.74 Å². The second-order valence-corrected chi connectivity index (χ2v) is 10.2. The Morgan fingerprint density at radius 1 is 1.24 bits per heavy atom. The van der Waals surface area contributed by atoms with Crippen molar-refractivity contribution in [3.8, 4) is 0 Å². The molecule has 1 aromatic heterocycles. The number of nitrogens with one attached hydrogen (secondary N) is 1. The molecule has 2 amide bonds. The van der Waals surface area contributed by atoms with Crippen molar-refractivity contribution in [3.63, 3.8) is 0 Å². The van der Waals surface area contributed by atoms with E-state index < -0.39 is 17.3 Å². The smallest absolute Gasteiger partial charge is 0.410 e. The maximum Gasteiger partial charge on any atom is 0.410 e. The average Bonchev–Trinajstić information content (AvgIpc) is 3.14. The lowest BCUT2D eigenvalue weighted by Crippen LogP contribution is -2.39. The predicted octanol–water partition coefficient (Wildman–Crippen LogP) is 6.60. The molecule has 0 aromatic carbocycles. The first-order valence-corrected chi connectivity index (χ1v) is 12.3. The molecule has 1 aromatic rings. The van der Waals surface area contributed by atoms with Gasteiger partial charge in [-0.2, -0.15) is 0 Å². The molecular formula is C26H33FN2O3S. The minimum Gasteiger partial charge on any atom is -0.444 e. The molecule has 0 saturated carbocycles. The molecule has 1 aliphatic carbocycles. The normalized spacial score (nSPS) is 17.2. The van der Waals surface area contributed by atoms with Crippen LogP contribution in [0, 0.1) is 5.82 Å². The molecular weight excluding hydrogens is 439 g/mol. The third kappa shape index (κ3) is 6.44. The predicted molar refractivity (Wildman–Crippen MR) is 132 cm³/mol. The Bertz CT molecular complexity index is 1040. The van der Waals surface area contributed by atoms with E-state index in [0.29, 0.717) is 25.1 Å². The molecule has 0 unspecified atom stereocenters. The van der Waals surface area contributed by atoms with Crippen LogP contribution in [0.3, 0.4) is 0 Å². The van der Waals surface area contributed by atoms with Crippen LogP contribution in [0.4, 0.5) is 9.18 Å². The van der Waals surface area contributed by atoms with Crippen molar-refractivity contribution in [2.45, 2.75) is 65.9 Å². The SMILES string of the molecule is CC/C=C(\C)C1=CC=C(NC(=O)c2scc(C3=CCN(C(=O)OC(C)(C)C)CC3)c2F)CC1. The Morgan fingerprint density at radius 2 is 2.00 bits per heavy atom. The maximum atomic E-state index is 15.1. The average molecular weight is 473 g/mol. The Morgan fingerprint density at radius 3 is 2.58 bits per heavy atom. The fourth-order valence-electron chi connectivity index (χ4n) is 3.83. The van der Waals surface area contributed by atoms with Crippen LogP contribution in [0.5, 0.6) is 0 Å². The van der Waals surface area contributed by atoms with Gasteiger partial charge in [-0.1, -0.05) is 30.7 Å². The van der Waals surface area contributed by atoms with Gasteiger partial charge in [0.2, 0.25) is 0 Å². The number of thiophene rings is 1. The molecule has 0 radical (unpaired) electrons. The van der Waals surface area contributed by atoms with Crippen LogP contribution < -0.4 is 5.32 Å². The number of allylic oxidation sites excluding steroid dienone is 6. The molecule has 7 heteroatoms. The van der Waals surface area contributed by atoms with Gasteiger partial charge in [-0.25, -0.2) is 9.18 Å². The number of hydrogen-bond donors (Lipinski definition) is 1. The van der Waals surface area contributed by atoms with Crippen molar-refractivity contribution in [3.05, 3.63) is 62.8 Å². The number of carbonyl (C=O) groups excluding carboxylic acids is 2. The van der Waals surface area contributed by atoms with Gasteiger partial charge < -0.3 is 15.0 Å². The summed E-state index contributed by atoms with van der Waals surface area (Å²) in [4.78, 5) is 26.6. The molecule has 0 saturated heterocycles. The number of hydrogen-bond acceptors (Lipinski definition) is 4. The molecule has 0 spiro atoms. The first-order valence-electron chi connectivity index (χ1n) is 11.4. The molecule has 0 bridgehead atoms. The van der Waals surface area contributed by atoms with E-state index in [4.69, 9.17) is 4.74 Å². The van der Waals surface area contributed by atoms with Crippen molar-refractivity contribution in [1.29, 1.82) is 0 Å². The number of nitrogens with zero attached hydrogens (tertiary/aromatic N) is 1. The van der Waals surface area contributed by atoms with Crippen molar-refractivity contribution < 1.29 is 18.7 Å². The summed E-state index contributed by atoms with van der Waals surface area (Å²) in [6.07, 6.45) is 10.7. The quantitative estimate of drug-likeness (QED) is 0.525. The van der Waals surface area contributed by atoms with Crippen molar-refractivity contribution >= 4 is 28.9 Å². The highest BCUT2D eigenvalue weighted by molar-refractivity contribution is 7.12. The highest BCUT2D eigenvalue weighted by atomic mass is 32.1. The molecule has 33 heavy (non-hydrogen) atoms. The molecule has 3 rings (SSSR count). The number of rotatable bonds is 5. The van der Waals surface area contributed by atoms with Gasteiger partial charge in [-0.05, 0) is 70.6 Å². The Kier molecular flexibility index (Phi) is 7.95.